The van der Waals surface area contributed by atoms with Crippen molar-refractivity contribution in [1.82, 2.24) is 0 Å². The zero-order valence-corrected chi connectivity index (χ0v) is 20.1. The van der Waals surface area contributed by atoms with E-state index in [1.165, 1.54) is 0 Å². The van der Waals surface area contributed by atoms with Crippen LogP contribution in [-0.2, 0) is 10.0 Å². The molecule has 0 radical (unpaired) electrons. The fraction of sp³-hybridized carbons (Fsp3) is 0.407. The standard InChI is InChI=1S/C27H29NO4S/c1-26(2)20-13-14-27(26)17-33(29,30)28(24(27)15-20)25-22(18-7-5-4-6-8-18)16-23(32-25)19-9-11-21(31-3)12-10-19/h4-12,16,20,24H,13-15,17H2,1-3H3/t20-,24-,27?/m1/s1. The van der Waals surface area contributed by atoms with E-state index in [0.717, 1.165) is 41.7 Å². The summed E-state index contributed by atoms with van der Waals surface area (Å²) in [5.41, 5.74) is 2.46. The molecule has 1 saturated heterocycles. The smallest absolute Gasteiger partial charge is 0.238 e. The van der Waals surface area contributed by atoms with E-state index in [1.807, 2.05) is 60.7 Å². The molecule has 1 spiro atoms. The molecule has 2 saturated carbocycles. The highest BCUT2D eigenvalue weighted by atomic mass is 32.2. The summed E-state index contributed by atoms with van der Waals surface area (Å²) in [6.45, 7) is 4.54. The van der Waals surface area contributed by atoms with Gasteiger partial charge in [0.15, 0.2) is 0 Å². The SMILES string of the molecule is COc1ccc(-c2cc(-c3ccccc3)c(N3[C@@H]4C[C@H]5CCC4(CS3(=O)=O)C5(C)C)o2)cc1. The van der Waals surface area contributed by atoms with Crippen molar-refractivity contribution in [2.45, 2.75) is 39.2 Å². The first-order chi connectivity index (χ1) is 15.8. The predicted molar refractivity (Wildman–Crippen MR) is 130 cm³/mol. The molecule has 6 rings (SSSR count). The molecule has 172 valence electrons. The highest BCUT2D eigenvalue weighted by molar-refractivity contribution is 7.93. The number of benzene rings is 2. The van der Waals surface area contributed by atoms with Crippen molar-refractivity contribution in [2.24, 2.45) is 16.7 Å². The van der Waals surface area contributed by atoms with E-state index in [1.54, 1.807) is 11.4 Å². The number of hydrogen-bond donors (Lipinski definition) is 0. The minimum absolute atomic E-state index is 0.0117. The molecule has 2 aliphatic carbocycles. The Balaban J connectivity index is 1.52. The van der Waals surface area contributed by atoms with Crippen LogP contribution >= 0.6 is 0 Å². The van der Waals surface area contributed by atoms with Crippen LogP contribution in [0.15, 0.2) is 65.1 Å². The molecule has 1 aliphatic heterocycles. The lowest BCUT2D eigenvalue weighted by molar-refractivity contribution is 0.150. The molecule has 2 aromatic carbocycles. The second-order valence-corrected chi connectivity index (χ2v) is 12.2. The fourth-order valence-corrected chi connectivity index (χ4v) is 9.39. The summed E-state index contributed by atoms with van der Waals surface area (Å²) in [7, 11) is -1.87. The van der Waals surface area contributed by atoms with Gasteiger partial charge in [0.2, 0.25) is 15.9 Å². The second kappa shape index (κ2) is 6.89. The number of furan rings is 1. The number of fused-ring (bicyclic) bond motifs is 1. The summed E-state index contributed by atoms with van der Waals surface area (Å²) in [6, 6.07) is 19.5. The Hall–Kier alpha value is -2.73. The van der Waals surface area contributed by atoms with Gasteiger partial charge in [0, 0.05) is 16.5 Å². The van der Waals surface area contributed by atoms with Crippen molar-refractivity contribution in [1.29, 1.82) is 0 Å². The lowest BCUT2D eigenvalue weighted by atomic mass is 9.69. The maximum Gasteiger partial charge on any atom is 0.238 e. The Morgan fingerprint density at radius 2 is 1.76 bits per heavy atom. The predicted octanol–water partition coefficient (Wildman–Crippen LogP) is 5.97. The summed E-state index contributed by atoms with van der Waals surface area (Å²) in [5.74, 6) is 2.64. The van der Waals surface area contributed by atoms with Gasteiger partial charge in [0.25, 0.3) is 0 Å². The molecule has 2 heterocycles. The van der Waals surface area contributed by atoms with Gasteiger partial charge in [-0.1, -0.05) is 44.2 Å². The highest BCUT2D eigenvalue weighted by Crippen LogP contribution is 2.70. The zero-order chi connectivity index (χ0) is 23.0. The minimum atomic E-state index is -3.50. The van der Waals surface area contributed by atoms with Crippen molar-refractivity contribution in [3.8, 4) is 28.2 Å². The van der Waals surface area contributed by atoms with E-state index in [4.69, 9.17) is 9.15 Å². The average Bonchev–Trinajstić information content (AvgIpc) is 3.47. The van der Waals surface area contributed by atoms with Crippen LogP contribution in [0, 0.1) is 16.7 Å². The number of rotatable bonds is 4. The summed E-state index contributed by atoms with van der Waals surface area (Å²) in [4.78, 5) is 0. The van der Waals surface area contributed by atoms with Crippen LogP contribution in [0.3, 0.4) is 0 Å². The van der Waals surface area contributed by atoms with Crippen molar-refractivity contribution in [2.75, 3.05) is 17.2 Å². The molecule has 6 heteroatoms. The maximum atomic E-state index is 13.7. The summed E-state index contributed by atoms with van der Waals surface area (Å²) in [5, 5.41) is 0. The van der Waals surface area contributed by atoms with Crippen molar-refractivity contribution >= 4 is 15.9 Å². The van der Waals surface area contributed by atoms with Crippen LogP contribution in [0.2, 0.25) is 0 Å². The fourth-order valence-electron chi connectivity index (χ4n) is 6.82. The number of hydrogen-bond acceptors (Lipinski definition) is 4. The summed E-state index contributed by atoms with van der Waals surface area (Å²) in [6.07, 6.45) is 2.99. The monoisotopic (exact) mass is 463 g/mol. The third-order valence-electron chi connectivity index (χ3n) is 8.78. The van der Waals surface area contributed by atoms with Crippen LogP contribution in [0.25, 0.3) is 22.5 Å². The van der Waals surface area contributed by atoms with Crippen LogP contribution in [0.4, 0.5) is 5.88 Å². The van der Waals surface area contributed by atoms with E-state index < -0.39 is 10.0 Å². The van der Waals surface area contributed by atoms with Gasteiger partial charge in [-0.3, -0.25) is 0 Å². The number of anilines is 1. The Labute approximate surface area is 195 Å². The zero-order valence-electron chi connectivity index (χ0n) is 19.2. The summed E-state index contributed by atoms with van der Waals surface area (Å²) >= 11 is 0. The van der Waals surface area contributed by atoms with E-state index >= 15 is 0 Å². The van der Waals surface area contributed by atoms with Crippen molar-refractivity contribution in [3.63, 3.8) is 0 Å². The first kappa shape index (κ1) is 20.8. The molecule has 0 N–H and O–H groups in total. The normalized spacial score (nSPS) is 28.8. The number of sulfonamides is 1. The average molecular weight is 464 g/mol. The molecule has 3 atom stereocenters. The van der Waals surface area contributed by atoms with E-state index in [9.17, 15) is 8.42 Å². The first-order valence-electron chi connectivity index (χ1n) is 11.6. The molecular formula is C27H29NO4S. The van der Waals surface area contributed by atoms with E-state index in [-0.39, 0.29) is 22.6 Å². The lowest BCUT2D eigenvalue weighted by Crippen LogP contribution is -2.41. The largest absolute Gasteiger partial charge is 0.497 e. The van der Waals surface area contributed by atoms with Gasteiger partial charge in [0.05, 0.1) is 18.9 Å². The molecule has 3 aliphatic rings. The quantitative estimate of drug-likeness (QED) is 0.478. The Morgan fingerprint density at radius 1 is 1.03 bits per heavy atom. The van der Waals surface area contributed by atoms with Crippen LogP contribution in [-0.4, -0.2) is 27.3 Å². The number of ether oxygens (including phenoxy) is 1. The second-order valence-electron chi connectivity index (χ2n) is 10.3. The lowest BCUT2D eigenvalue weighted by Gasteiger charge is -2.37. The van der Waals surface area contributed by atoms with Gasteiger partial charge in [0.1, 0.15) is 11.5 Å². The molecule has 0 amide bonds. The molecule has 1 unspecified atom stereocenters. The van der Waals surface area contributed by atoms with Gasteiger partial charge < -0.3 is 9.15 Å². The molecule has 1 aromatic heterocycles. The summed E-state index contributed by atoms with van der Waals surface area (Å²) < 4.78 is 40.8. The van der Waals surface area contributed by atoms with Gasteiger partial charge >= 0.3 is 0 Å². The Morgan fingerprint density at radius 3 is 2.42 bits per heavy atom. The number of methoxy groups -OCH3 is 1. The van der Waals surface area contributed by atoms with Gasteiger partial charge in [-0.25, -0.2) is 12.7 Å². The molecular weight excluding hydrogens is 434 g/mol. The third-order valence-corrected chi connectivity index (χ3v) is 10.7. The van der Waals surface area contributed by atoms with Gasteiger partial charge in [-0.15, -0.1) is 0 Å². The van der Waals surface area contributed by atoms with Gasteiger partial charge in [-0.2, -0.15) is 0 Å². The first-order valence-corrected chi connectivity index (χ1v) is 13.2. The minimum Gasteiger partial charge on any atom is -0.497 e. The Bertz CT molecular complexity index is 1310. The Kier molecular flexibility index (Phi) is 4.35. The van der Waals surface area contributed by atoms with E-state index in [0.29, 0.717) is 17.6 Å². The molecule has 3 aromatic rings. The van der Waals surface area contributed by atoms with Crippen LogP contribution in [0.5, 0.6) is 5.75 Å². The van der Waals surface area contributed by atoms with Crippen LogP contribution in [0.1, 0.15) is 33.1 Å². The molecule has 2 bridgehead atoms. The number of nitrogens with zero attached hydrogens (tertiary/aromatic N) is 1. The topological polar surface area (TPSA) is 59.8 Å². The molecule has 5 nitrogen and oxygen atoms in total. The van der Waals surface area contributed by atoms with Crippen molar-refractivity contribution in [3.05, 3.63) is 60.7 Å². The van der Waals surface area contributed by atoms with E-state index in [2.05, 4.69) is 13.8 Å². The third kappa shape index (κ3) is 2.79. The molecule has 3 fully saturated rings. The van der Waals surface area contributed by atoms with Crippen LogP contribution < -0.4 is 9.04 Å². The molecule has 33 heavy (non-hydrogen) atoms. The van der Waals surface area contributed by atoms with Gasteiger partial charge in [-0.05, 0) is 66.5 Å². The van der Waals surface area contributed by atoms with Crippen molar-refractivity contribution < 1.29 is 17.6 Å². The highest BCUT2D eigenvalue weighted by Gasteiger charge is 2.72. The maximum absolute atomic E-state index is 13.7.